The Morgan fingerprint density at radius 1 is 1.43 bits per heavy atom. The Balaban J connectivity index is 1.91. The molecule has 6 nitrogen and oxygen atoms in total. The summed E-state index contributed by atoms with van der Waals surface area (Å²) in [5.74, 6) is 1.41. The molecule has 21 heavy (non-hydrogen) atoms. The fraction of sp³-hybridized carbons (Fsp3) is 0.467. The predicted octanol–water partition coefficient (Wildman–Crippen LogP) is 1.71. The molecule has 1 aromatic carbocycles. The van der Waals surface area contributed by atoms with Crippen LogP contribution < -0.4 is 10.1 Å². The van der Waals surface area contributed by atoms with Gasteiger partial charge in [-0.2, -0.15) is 4.98 Å². The zero-order valence-corrected chi connectivity index (χ0v) is 12.0. The van der Waals surface area contributed by atoms with Crippen LogP contribution in [-0.2, 0) is 5.60 Å². The number of aliphatic hydroxyl groups is 1. The molecule has 0 saturated carbocycles. The highest BCUT2D eigenvalue weighted by atomic mass is 16.5. The van der Waals surface area contributed by atoms with E-state index in [0.29, 0.717) is 31.1 Å². The van der Waals surface area contributed by atoms with Gasteiger partial charge in [0.25, 0.3) is 5.89 Å². The molecule has 6 heteroatoms. The second kappa shape index (κ2) is 5.83. The number of para-hydroxylation sites is 1. The molecular weight excluding hydrogens is 270 g/mol. The smallest absolute Gasteiger partial charge is 0.260 e. The van der Waals surface area contributed by atoms with Crippen molar-refractivity contribution in [2.75, 3.05) is 19.7 Å². The van der Waals surface area contributed by atoms with Gasteiger partial charge in [0.05, 0.1) is 12.2 Å². The highest BCUT2D eigenvalue weighted by Crippen LogP contribution is 2.31. The lowest BCUT2D eigenvalue weighted by Crippen LogP contribution is -2.43. The van der Waals surface area contributed by atoms with E-state index in [-0.39, 0.29) is 5.89 Å². The molecule has 1 aromatic heterocycles. The van der Waals surface area contributed by atoms with E-state index in [1.54, 1.807) is 0 Å². The standard InChI is InChI=1S/C15H19N3O3/c1-2-20-12-7-4-3-6-11(12)13-17-14(21-18-13)15(19)8-5-9-16-10-15/h3-4,6-7,16,19H,2,5,8-10H2,1H3. The highest BCUT2D eigenvalue weighted by molar-refractivity contribution is 5.63. The van der Waals surface area contributed by atoms with Crippen molar-refractivity contribution in [3.05, 3.63) is 30.2 Å². The van der Waals surface area contributed by atoms with Gasteiger partial charge < -0.3 is 19.7 Å². The van der Waals surface area contributed by atoms with Gasteiger partial charge in [0.2, 0.25) is 5.82 Å². The lowest BCUT2D eigenvalue weighted by Gasteiger charge is -2.28. The Bertz CT molecular complexity index is 606. The molecule has 0 radical (unpaired) electrons. The molecule has 2 heterocycles. The van der Waals surface area contributed by atoms with E-state index in [1.165, 1.54) is 0 Å². The summed E-state index contributed by atoms with van der Waals surface area (Å²) in [7, 11) is 0. The third kappa shape index (κ3) is 2.77. The normalized spacial score (nSPS) is 22.2. The summed E-state index contributed by atoms with van der Waals surface area (Å²) in [4.78, 5) is 4.37. The molecule has 1 unspecified atom stereocenters. The average molecular weight is 289 g/mol. The van der Waals surface area contributed by atoms with E-state index in [9.17, 15) is 5.11 Å². The van der Waals surface area contributed by atoms with Crippen LogP contribution in [0.4, 0.5) is 0 Å². The number of hydrogen-bond donors (Lipinski definition) is 2. The van der Waals surface area contributed by atoms with Gasteiger partial charge in [-0.25, -0.2) is 0 Å². The van der Waals surface area contributed by atoms with Crippen molar-refractivity contribution in [3.63, 3.8) is 0 Å². The third-order valence-electron chi connectivity index (χ3n) is 3.61. The SMILES string of the molecule is CCOc1ccccc1-c1noc(C2(O)CCCNC2)n1. The van der Waals surface area contributed by atoms with Crippen LogP contribution >= 0.6 is 0 Å². The van der Waals surface area contributed by atoms with Crippen molar-refractivity contribution < 1.29 is 14.4 Å². The summed E-state index contributed by atoms with van der Waals surface area (Å²) in [5.41, 5.74) is -0.314. The fourth-order valence-electron chi connectivity index (χ4n) is 2.53. The molecular formula is C15H19N3O3. The fourth-order valence-corrected chi connectivity index (χ4v) is 2.53. The first-order chi connectivity index (χ1) is 10.2. The minimum absolute atomic E-state index is 0.260. The van der Waals surface area contributed by atoms with E-state index >= 15 is 0 Å². The van der Waals surface area contributed by atoms with Crippen LogP contribution in [0.5, 0.6) is 5.75 Å². The van der Waals surface area contributed by atoms with Gasteiger partial charge in [-0.3, -0.25) is 0 Å². The number of piperidine rings is 1. The quantitative estimate of drug-likeness (QED) is 0.892. The number of hydrogen-bond acceptors (Lipinski definition) is 6. The number of ether oxygens (including phenoxy) is 1. The summed E-state index contributed by atoms with van der Waals surface area (Å²) < 4.78 is 10.9. The summed E-state index contributed by atoms with van der Waals surface area (Å²) >= 11 is 0. The van der Waals surface area contributed by atoms with Crippen LogP contribution in [-0.4, -0.2) is 34.9 Å². The zero-order chi connectivity index (χ0) is 14.7. The molecule has 0 spiro atoms. The van der Waals surface area contributed by atoms with Crippen molar-refractivity contribution in [2.45, 2.75) is 25.4 Å². The zero-order valence-electron chi connectivity index (χ0n) is 12.0. The van der Waals surface area contributed by atoms with Gasteiger partial charge in [0.15, 0.2) is 5.60 Å². The van der Waals surface area contributed by atoms with Crippen molar-refractivity contribution in [2.24, 2.45) is 0 Å². The van der Waals surface area contributed by atoms with Crippen LogP contribution in [0.3, 0.4) is 0 Å². The Morgan fingerprint density at radius 2 is 2.29 bits per heavy atom. The summed E-state index contributed by atoms with van der Waals surface area (Å²) in [6, 6.07) is 7.54. The Kier molecular flexibility index (Phi) is 3.90. The first kappa shape index (κ1) is 14.0. The monoisotopic (exact) mass is 289 g/mol. The van der Waals surface area contributed by atoms with Crippen molar-refractivity contribution in [1.82, 2.24) is 15.5 Å². The molecule has 0 amide bonds. The number of nitrogens with one attached hydrogen (secondary N) is 1. The molecule has 3 rings (SSSR count). The van der Waals surface area contributed by atoms with E-state index in [0.717, 1.165) is 18.5 Å². The minimum Gasteiger partial charge on any atom is -0.493 e. The maximum absolute atomic E-state index is 10.6. The Hall–Kier alpha value is -1.92. The predicted molar refractivity (Wildman–Crippen MR) is 76.9 cm³/mol. The molecule has 1 aliphatic heterocycles. The second-order valence-corrected chi connectivity index (χ2v) is 5.16. The first-order valence-corrected chi connectivity index (χ1v) is 7.22. The lowest BCUT2D eigenvalue weighted by atomic mass is 9.94. The van der Waals surface area contributed by atoms with Gasteiger partial charge in [0, 0.05) is 6.54 Å². The highest BCUT2D eigenvalue weighted by Gasteiger charge is 2.37. The van der Waals surface area contributed by atoms with Gasteiger partial charge in [-0.15, -0.1) is 0 Å². The van der Waals surface area contributed by atoms with Crippen molar-refractivity contribution in [3.8, 4) is 17.1 Å². The summed E-state index contributed by atoms with van der Waals surface area (Å²) in [6.07, 6.45) is 1.50. The second-order valence-electron chi connectivity index (χ2n) is 5.16. The van der Waals surface area contributed by atoms with Crippen molar-refractivity contribution >= 4 is 0 Å². The number of benzene rings is 1. The Morgan fingerprint density at radius 3 is 3.05 bits per heavy atom. The van der Waals surface area contributed by atoms with Crippen LogP contribution in [0.1, 0.15) is 25.7 Å². The summed E-state index contributed by atoms with van der Waals surface area (Å²) in [6.45, 7) is 3.82. The lowest BCUT2D eigenvalue weighted by molar-refractivity contribution is -0.0167. The van der Waals surface area contributed by atoms with Crippen LogP contribution in [0.25, 0.3) is 11.4 Å². The van der Waals surface area contributed by atoms with Crippen LogP contribution in [0.2, 0.25) is 0 Å². The third-order valence-corrected chi connectivity index (χ3v) is 3.61. The van der Waals surface area contributed by atoms with Crippen molar-refractivity contribution in [1.29, 1.82) is 0 Å². The number of rotatable bonds is 4. The minimum atomic E-state index is -1.08. The first-order valence-electron chi connectivity index (χ1n) is 7.22. The van der Waals surface area contributed by atoms with Gasteiger partial charge in [-0.1, -0.05) is 17.3 Å². The van der Waals surface area contributed by atoms with Crippen LogP contribution in [0.15, 0.2) is 28.8 Å². The molecule has 2 N–H and O–H groups in total. The maximum atomic E-state index is 10.6. The van der Waals surface area contributed by atoms with Crippen LogP contribution in [0, 0.1) is 0 Å². The molecule has 1 fully saturated rings. The molecule has 2 aromatic rings. The summed E-state index contributed by atoms with van der Waals surface area (Å²) in [5, 5.41) is 17.7. The van der Waals surface area contributed by atoms with E-state index in [1.807, 2.05) is 31.2 Å². The van der Waals surface area contributed by atoms with E-state index in [2.05, 4.69) is 15.5 Å². The van der Waals surface area contributed by atoms with E-state index in [4.69, 9.17) is 9.26 Å². The number of nitrogens with zero attached hydrogens (tertiary/aromatic N) is 2. The molecule has 1 atom stereocenters. The average Bonchev–Trinajstić information content (AvgIpc) is 2.99. The topological polar surface area (TPSA) is 80.4 Å². The maximum Gasteiger partial charge on any atom is 0.260 e. The van der Waals surface area contributed by atoms with Gasteiger partial charge in [-0.05, 0) is 38.4 Å². The molecule has 1 aliphatic rings. The number of β-amino-alcohol motifs (C(OH)–C–C–N with tert-alkyl or cyclic N) is 1. The van der Waals surface area contributed by atoms with Gasteiger partial charge >= 0.3 is 0 Å². The molecule has 112 valence electrons. The molecule has 0 bridgehead atoms. The van der Waals surface area contributed by atoms with E-state index < -0.39 is 5.60 Å². The Labute approximate surface area is 123 Å². The molecule has 0 aliphatic carbocycles. The number of aromatic nitrogens is 2. The van der Waals surface area contributed by atoms with Gasteiger partial charge in [0.1, 0.15) is 5.75 Å². The largest absolute Gasteiger partial charge is 0.493 e. The molecule has 1 saturated heterocycles.